The van der Waals surface area contributed by atoms with Gasteiger partial charge in [-0.05, 0) is 34.9 Å². The van der Waals surface area contributed by atoms with E-state index in [2.05, 4.69) is 10.2 Å². The molecule has 1 saturated heterocycles. The Morgan fingerprint density at radius 3 is 2.52 bits per heavy atom. The van der Waals surface area contributed by atoms with E-state index < -0.39 is 11.7 Å². The molecule has 2 aromatic carbocycles. The molecule has 0 atom stereocenters. The highest BCUT2D eigenvalue weighted by molar-refractivity contribution is 5.91. The third-order valence-electron chi connectivity index (χ3n) is 4.71. The van der Waals surface area contributed by atoms with Crippen molar-refractivity contribution in [3.05, 3.63) is 76.9 Å². The molecular weight excluding hydrogens is 381 g/mol. The molecule has 1 aliphatic heterocycles. The van der Waals surface area contributed by atoms with Crippen molar-refractivity contribution in [2.75, 3.05) is 26.3 Å². The molecule has 154 valence electrons. The summed E-state index contributed by atoms with van der Waals surface area (Å²) in [6.45, 7) is 4.33. The molecule has 4 nitrogen and oxygen atoms in total. The van der Waals surface area contributed by atoms with Crippen molar-refractivity contribution in [1.29, 1.82) is 0 Å². The zero-order valence-electron chi connectivity index (χ0n) is 15.9. The number of nitrogens with zero attached hydrogens (tertiary/aromatic N) is 1. The number of hydrogen-bond donors (Lipinski definition) is 1. The molecule has 1 heterocycles. The Kier molecular flexibility index (Phi) is 7.06. The van der Waals surface area contributed by atoms with Crippen LogP contribution in [0.25, 0.3) is 6.08 Å². The zero-order chi connectivity index (χ0) is 20.7. The van der Waals surface area contributed by atoms with E-state index in [0.29, 0.717) is 12.1 Å². The van der Waals surface area contributed by atoms with Gasteiger partial charge in [-0.3, -0.25) is 9.69 Å². The van der Waals surface area contributed by atoms with E-state index in [1.807, 2.05) is 24.3 Å². The summed E-state index contributed by atoms with van der Waals surface area (Å²) in [7, 11) is 0. The summed E-state index contributed by atoms with van der Waals surface area (Å²) in [4.78, 5) is 14.4. The van der Waals surface area contributed by atoms with Crippen LogP contribution in [0.2, 0.25) is 0 Å². The topological polar surface area (TPSA) is 41.6 Å². The van der Waals surface area contributed by atoms with Gasteiger partial charge in [-0.2, -0.15) is 13.2 Å². The Morgan fingerprint density at radius 1 is 1.07 bits per heavy atom. The van der Waals surface area contributed by atoms with Crippen LogP contribution in [0.4, 0.5) is 13.2 Å². The van der Waals surface area contributed by atoms with Crippen LogP contribution in [-0.2, 0) is 28.8 Å². The predicted octanol–water partition coefficient (Wildman–Crippen LogP) is 3.87. The maximum Gasteiger partial charge on any atom is 0.416 e. The molecule has 1 N–H and O–H groups in total. The maximum atomic E-state index is 12.8. The standard InChI is InChI=1S/C22H23F3N2O2/c23-22(24,25)20-7-3-4-17(14-20)8-9-21(28)26-15-18-5-1-2-6-19(18)16-27-10-12-29-13-11-27/h1-9,14H,10-13,15-16H2,(H,26,28)/b9-8+. The van der Waals surface area contributed by atoms with Crippen LogP contribution < -0.4 is 5.32 Å². The average molecular weight is 404 g/mol. The number of nitrogens with one attached hydrogen (secondary N) is 1. The molecule has 0 bridgehead atoms. The number of ether oxygens (including phenoxy) is 1. The molecule has 0 saturated carbocycles. The van der Waals surface area contributed by atoms with Gasteiger partial charge < -0.3 is 10.1 Å². The van der Waals surface area contributed by atoms with Crippen molar-refractivity contribution in [3.8, 4) is 0 Å². The number of amides is 1. The summed E-state index contributed by atoms with van der Waals surface area (Å²) in [6.07, 6.45) is -1.78. The van der Waals surface area contributed by atoms with Gasteiger partial charge in [0.1, 0.15) is 0 Å². The van der Waals surface area contributed by atoms with Crippen LogP contribution >= 0.6 is 0 Å². The molecule has 0 aromatic heterocycles. The zero-order valence-corrected chi connectivity index (χ0v) is 15.9. The third kappa shape index (κ3) is 6.44. The van der Waals surface area contributed by atoms with Crippen molar-refractivity contribution in [2.45, 2.75) is 19.3 Å². The first-order valence-corrected chi connectivity index (χ1v) is 9.42. The summed E-state index contributed by atoms with van der Waals surface area (Å²) in [5, 5.41) is 2.80. The fourth-order valence-corrected chi connectivity index (χ4v) is 3.12. The first-order valence-electron chi connectivity index (χ1n) is 9.42. The molecule has 29 heavy (non-hydrogen) atoms. The van der Waals surface area contributed by atoms with Crippen molar-refractivity contribution in [3.63, 3.8) is 0 Å². The number of carbonyl (C=O) groups excluding carboxylic acids is 1. The van der Waals surface area contributed by atoms with E-state index in [-0.39, 0.29) is 5.91 Å². The molecule has 0 aliphatic carbocycles. The van der Waals surface area contributed by atoms with E-state index in [0.717, 1.165) is 56.1 Å². The fourth-order valence-electron chi connectivity index (χ4n) is 3.12. The van der Waals surface area contributed by atoms with Gasteiger partial charge in [0.25, 0.3) is 0 Å². The minimum Gasteiger partial charge on any atom is -0.379 e. The van der Waals surface area contributed by atoms with Crippen LogP contribution in [0, 0.1) is 0 Å². The Morgan fingerprint density at radius 2 is 1.79 bits per heavy atom. The van der Waals surface area contributed by atoms with Crippen LogP contribution in [-0.4, -0.2) is 37.1 Å². The Bertz CT molecular complexity index is 859. The molecule has 3 rings (SSSR count). The molecular formula is C22H23F3N2O2. The van der Waals surface area contributed by atoms with E-state index in [1.54, 1.807) is 0 Å². The third-order valence-corrected chi connectivity index (χ3v) is 4.71. The Balaban J connectivity index is 1.58. The molecule has 1 amide bonds. The first kappa shape index (κ1) is 21.1. The highest BCUT2D eigenvalue weighted by Crippen LogP contribution is 2.29. The van der Waals surface area contributed by atoms with Crippen LogP contribution in [0.3, 0.4) is 0 Å². The lowest BCUT2D eigenvalue weighted by molar-refractivity contribution is -0.137. The van der Waals surface area contributed by atoms with Crippen molar-refractivity contribution < 1.29 is 22.7 Å². The molecule has 7 heteroatoms. The second kappa shape index (κ2) is 9.71. The first-order chi connectivity index (χ1) is 13.9. The van der Waals surface area contributed by atoms with E-state index in [4.69, 9.17) is 4.74 Å². The molecule has 2 aromatic rings. The van der Waals surface area contributed by atoms with Gasteiger partial charge >= 0.3 is 6.18 Å². The number of rotatable bonds is 6. The van der Waals surface area contributed by atoms with Crippen molar-refractivity contribution in [2.24, 2.45) is 0 Å². The molecule has 1 aliphatic rings. The minimum absolute atomic E-state index is 0.322. The Labute approximate surface area is 168 Å². The lowest BCUT2D eigenvalue weighted by atomic mass is 10.1. The second-order valence-electron chi connectivity index (χ2n) is 6.83. The smallest absolute Gasteiger partial charge is 0.379 e. The highest BCUT2D eigenvalue weighted by atomic mass is 19.4. The fraction of sp³-hybridized carbons (Fsp3) is 0.318. The monoisotopic (exact) mass is 404 g/mol. The summed E-state index contributed by atoms with van der Waals surface area (Å²) < 4.78 is 43.7. The van der Waals surface area contributed by atoms with Crippen LogP contribution in [0.1, 0.15) is 22.3 Å². The van der Waals surface area contributed by atoms with Gasteiger partial charge in [0.05, 0.1) is 18.8 Å². The van der Waals surface area contributed by atoms with E-state index in [1.165, 1.54) is 24.3 Å². The molecule has 0 unspecified atom stereocenters. The van der Waals surface area contributed by atoms with Gasteiger partial charge in [0, 0.05) is 32.3 Å². The number of hydrogen-bond acceptors (Lipinski definition) is 3. The summed E-state index contributed by atoms with van der Waals surface area (Å²) in [6, 6.07) is 12.8. The predicted molar refractivity (Wildman–Crippen MR) is 105 cm³/mol. The SMILES string of the molecule is O=C(/C=C/c1cccc(C(F)(F)F)c1)NCc1ccccc1CN1CCOCC1. The van der Waals surface area contributed by atoms with Crippen molar-refractivity contribution >= 4 is 12.0 Å². The van der Waals surface area contributed by atoms with E-state index in [9.17, 15) is 18.0 Å². The van der Waals surface area contributed by atoms with E-state index >= 15 is 0 Å². The number of morpholine rings is 1. The summed E-state index contributed by atoms with van der Waals surface area (Å²) in [5.74, 6) is -0.358. The largest absolute Gasteiger partial charge is 0.416 e. The average Bonchev–Trinajstić information content (AvgIpc) is 2.72. The van der Waals surface area contributed by atoms with Gasteiger partial charge in [-0.15, -0.1) is 0 Å². The maximum absolute atomic E-state index is 12.8. The summed E-state index contributed by atoms with van der Waals surface area (Å²) >= 11 is 0. The van der Waals surface area contributed by atoms with Gasteiger partial charge in [-0.1, -0.05) is 36.4 Å². The normalized spacial score (nSPS) is 15.6. The Hall–Kier alpha value is -2.64. The lowest BCUT2D eigenvalue weighted by Gasteiger charge is -2.27. The van der Waals surface area contributed by atoms with Gasteiger partial charge in [0.2, 0.25) is 5.91 Å². The lowest BCUT2D eigenvalue weighted by Crippen LogP contribution is -2.36. The molecule has 1 fully saturated rings. The minimum atomic E-state index is -4.41. The van der Waals surface area contributed by atoms with Crippen molar-refractivity contribution in [1.82, 2.24) is 10.2 Å². The van der Waals surface area contributed by atoms with Crippen LogP contribution in [0.5, 0.6) is 0 Å². The van der Waals surface area contributed by atoms with Gasteiger partial charge in [0.15, 0.2) is 0 Å². The molecule has 0 radical (unpaired) electrons. The number of benzene rings is 2. The highest BCUT2D eigenvalue weighted by Gasteiger charge is 2.30. The van der Waals surface area contributed by atoms with Gasteiger partial charge in [-0.25, -0.2) is 0 Å². The number of halogens is 3. The number of alkyl halides is 3. The second-order valence-corrected chi connectivity index (χ2v) is 6.83. The number of carbonyl (C=O) groups is 1. The molecule has 0 spiro atoms. The van der Waals surface area contributed by atoms with Crippen LogP contribution in [0.15, 0.2) is 54.6 Å². The quantitative estimate of drug-likeness (QED) is 0.744. The summed E-state index contributed by atoms with van der Waals surface area (Å²) in [5.41, 5.74) is 1.73.